The second-order valence-electron chi connectivity index (χ2n) is 6.25. The van der Waals surface area contributed by atoms with Gasteiger partial charge in [-0.3, -0.25) is 9.59 Å². The Labute approximate surface area is 137 Å². The van der Waals surface area contributed by atoms with Crippen molar-refractivity contribution in [2.75, 3.05) is 6.61 Å². The third-order valence-corrected chi connectivity index (χ3v) is 4.84. The van der Waals surface area contributed by atoms with Crippen LogP contribution in [0.15, 0.2) is 42.1 Å². The van der Waals surface area contributed by atoms with Crippen molar-refractivity contribution in [3.05, 3.63) is 47.7 Å². The van der Waals surface area contributed by atoms with Crippen LogP contribution in [0.3, 0.4) is 0 Å². The maximum absolute atomic E-state index is 12.7. The zero-order valence-electron chi connectivity index (χ0n) is 13.6. The van der Waals surface area contributed by atoms with Crippen LogP contribution in [0.5, 0.6) is 0 Å². The molecule has 4 heteroatoms. The van der Waals surface area contributed by atoms with Crippen LogP contribution in [0.4, 0.5) is 0 Å². The normalized spacial score (nSPS) is 24.0. The van der Waals surface area contributed by atoms with Gasteiger partial charge in [0.25, 0.3) is 0 Å². The van der Waals surface area contributed by atoms with E-state index in [1.807, 2.05) is 37.3 Å². The van der Waals surface area contributed by atoms with Gasteiger partial charge in [0, 0.05) is 12.1 Å². The zero-order valence-corrected chi connectivity index (χ0v) is 13.6. The lowest BCUT2D eigenvalue weighted by Gasteiger charge is -2.45. The number of amides is 1. The highest BCUT2D eigenvalue weighted by Gasteiger charge is 2.50. The van der Waals surface area contributed by atoms with Crippen LogP contribution < -0.4 is 0 Å². The summed E-state index contributed by atoms with van der Waals surface area (Å²) in [6.45, 7) is 2.73. The van der Waals surface area contributed by atoms with E-state index in [-0.39, 0.29) is 11.9 Å². The second-order valence-corrected chi connectivity index (χ2v) is 6.25. The van der Waals surface area contributed by atoms with Gasteiger partial charge in [0.1, 0.15) is 5.41 Å². The first kappa shape index (κ1) is 15.8. The number of hydrogen-bond acceptors (Lipinski definition) is 3. The predicted octanol–water partition coefficient (Wildman–Crippen LogP) is 3.43. The Morgan fingerprint density at radius 3 is 2.78 bits per heavy atom. The van der Waals surface area contributed by atoms with Crippen LogP contribution >= 0.6 is 0 Å². The van der Waals surface area contributed by atoms with Gasteiger partial charge in [-0.2, -0.15) is 0 Å². The Morgan fingerprint density at radius 1 is 1.26 bits per heavy atom. The van der Waals surface area contributed by atoms with Crippen LogP contribution in [-0.2, 0) is 20.9 Å². The number of piperidine rings is 1. The topological polar surface area (TPSA) is 46.6 Å². The standard InChI is InChI=1S/C19H23NO3/c1-2-23-18(22)19-12-7-6-10-16(19)20(17(21)11-13-19)14-15-8-4-3-5-9-15/h3-5,8-10H,2,6-7,11-14H2,1H3. The van der Waals surface area contributed by atoms with Crippen molar-refractivity contribution in [2.24, 2.45) is 5.41 Å². The van der Waals surface area contributed by atoms with E-state index >= 15 is 0 Å². The van der Waals surface area contributed by atoms with Crippen LogP contribution in [-0.4, -0.2) is 23.4 Å². The smallest absolute Gasteiger partial charge is 0.318 e. The molecule has 1 saturated heterocycles. The first-order valence-corrected chi connectivity index (χ1v) is 8.39. The molecule has 1 aliphatic carbocycles. The number of carbonyl (C=O) groups is 2. The van der Waals surface area contributed by atoms with Crippen LogP contribution in [0.2, 0.25) is 0 Å². The summed E-state index contributed by atoms with van der Waals surface area (Å²) >= 11 is 0. The molecule has 1 unspecified atom stereocenters. The maximum atomic E-state index is 12.7. The number of ether oxygens (including phenoxy) is 1. The van der Waals surface area contributed by atoms with Gasteiger partial charge in [-0.05, 0) is 38.2 Å². The summed E-state index contributed by atoms with van der Waals surface area (Å²) in [5, 5.41) is 0. The number of fused-ring (bicyclic) bond motifs is 1. The van der Waals surface area contributed by atoms with Crippen LogP contribution in [0.1, 0.15) is 44.6 Å². The van der Waals surface area contributed by atoms with E-state index in [1.165, 1.54) is 0 Å². The Balaban J connectivity index is 1.93. The number of rotatable bonds is 4. The molecule has 0 bridgehead atoms. The van der Waals surface area contributed by atoms with Crippen molar-refractivity contribution in [2.45, 2.75) is 45.6 Å². The van der Waals surface area contributed by atoms with Gasteiger partial charge in [-0.15, -0.1) is 0 Å². The maximum Gasteiger partial charge on any atom is 0.318 e. The molecule has 1 fully saturated rings. The summed E-state index contributed by atoms with van der Waals surface area (Å²) in [4.78, 5) is 27.0. The van der Waals surface area contributed by atoms with Crippen molar-refractivity contribution in [1.29, 1.82) is 0 Å². The van der Waals surface area contributed by atoms with Gasteiger partial charge in [0.05, 0.1) is 13.2 Å². The number of nitrogens with zero attached hydrogens (tertiary/aromatic N) is 1. The minimum absolute atomic E-state index is 0.0990. The Bertz CT molecular complexity index is 623. The Morgan fingerprint density at radius 2 is 2.04 bits per heavy atom. The van der Waals surface area contributed by atoms with Gasteiger partial charge in [0.15, 0.2) is 0 Å². The summed E-state index contributed by atoms with van der Waals surface area (Å²) in [6, 6.07) is 9.92. The summed E-state index contributed by atoms with van der Waals surface area (Å²) in [6.07, 6.45) is 5.70. The fourth-order valence-corrected chi connectivity index (χ4v) is 3.69. The van der Waals surface area contributed by atoms with E-state index in [2.05, 4.69) is 6.08 Å². The Kier molecular flexibility index (Phi) is 4.51. The third-order valence-electron chi connectivity index (χ3n) is 4.84. The van der Waals surface area contributed by atoms with Gasteiger partial charge in [-0.25, -0.2) is 0 Å². The minimum Gasteiger partial charge on any atom is -0.465 e. The van der Waals surface area contributed by atoms with Crippen molar-refractivity contribution in [1.82, 2.24) is 4.90 Å². The third kappa shape index (κ3) is 2.90. The molecule has 0 N–H and O–H groups in total. The van der Waals surface area contributed by atoms with Crippen LogP contribution in [0.25, 0.3) is 0 Å². The lowest BCUT2D eigenvalue weighted by Crippen LogP contribution is -2.49. The molecule has 1 heterocycles. The molecular weight excluding hydrogens is 290 g/mol. The molecule has 0 spiro atoms. The average molecular weight is 313 g/mol. The molecule has 4 nitrogen and oxygen atoms in total. The van der Waals surface area contributed by atoms with Crippen molar-refractivity contribution >= 4 is 11.9 Å². The highest BCUT2D eigenvalue weighted by atomic mass is 16.5. The summed E-state index contributed by atoms with van der Waals surface area (Å²) in [5.74, 6) is -0.0709. The molecule has 1 aromatic carbocycles. The number of benzene rings is 1. The number of allylic oxidation sites excluding steroid dienone is 1. The van der Waals surface area contributed by atoms with E-state index in [0.717, 1.165) is 30.5 Å². The number of carbonyl (C=O) groups excluding carboxylic acids is 2. The van der Waals surface area contributed by atoms with E-state index in [1.54, 1.807) is 4.90 Å². The van der Waals surface area contributed by atoms with Crippen molar-refractivity contribution in [3.63, 3.8) is 0 Å². The lowest BCUT2D eigenvalue weighted by molar-refractivity contribution is -0.159. The molecule has 0 aromatic heterocycles. The SMILES string of the molecule is CCOC(=O)C12CCCC=C1N(Cc1ccccc1)C(=O)CC2. The minimum atomic E-state index is -0.628. The van der Waals surface area contributed by atoms with Crippen LogP contribution in [0, 0.1) is 5.41 Å². The Hall–Kier alpha value is -2.10. The van der Waals surface area contributed by atoms with E-state index in [4.69, 9.17) is 4.74 Å². The molecule has 3 rings (SSSR count). The second kappa shape index (κ2) is 6.57. The highest BCUT2D eigenvalue weighted by molar-refractivity contribution is 5.88. The zero-order chi connectivity index (χ0) is 16.3. The molecular formula is C19H23NO3. The lowest BCUT2D eigenvalue weighted by atomic mass is 9.69. The molecule has 1 atom stereocenters. The summed E-state index contributed by atoms with van der Waals surface area (Å²) in [5.41, 5.74) is 1.31. The fraction of sp³-hybridized carbons (Fsp3) is 0.474. The first-order chi connectivity index (χ1) is 11.2. The molecule has 0 saturated carbocycles. The summed E-state index contributed by atoms with van der Waals surface area (Å²) < 4.78 is 5.36. The molecule has 1 aliphatic heterocycles. The van der Waals surface area contributed by atoms with E-state index in [0.29, 0.717) is 26.0 Å². The predicted molar refractivity (Wildman–Crippen MR) is 87.2 cm³/mol. The monoisotopic (exact) mass is 313 g/mol. The van der Waals surface area contributed by atoms with E-state index in [9.17, 15) is 9.59 Å². The highest BCUT2D eigenvalue weighted by Crippen LogP contribution is 2.48. The largest absolute Gasteiger partial charge is 0.465 e. The van der Waals surface area contributed by atoms with Gasteiger partial charge >= 0.3 is 5.97 Å². The number of esters is 1. The molecule has 1 amide bonds. The number of hydrogen-bond donors (Lipinski definition) is 0. The van der Waals surface area contributed by atoms with E-state index < -0.39 is 5.41 Å². The molecule has 23 heavy (non-hydrogen) atoms. The van der Waals surface area contributed by atoms with Crippen molar-refractivity contribution < 1.29 is 14.3 Å². The van der Waals surface area contributed by atoms with Crippen molar-refractivity contribution in [3.8, 4) is 0 Å². The first-order valence-electron chi connectivity index (χ1n) is 8.39. The van der Waals surface area contributed by atoms with Gasteiger partial charge in [-0.1, -0.05) is 36.4 Å². The summed E-state index contributed by atoms with van der Waals surface area (Å²) in [7, 11) is 0. The molecule has 1 aromatic rings. The van der Waals surface area contributed by atoms with Gasteiger partial charge in [0.2, 0.25) is 5.91 Å². The quantitative estimate of drug-likeness (QED) is 0.800. The molecule has 122 valence electrons. The fourth-order valence-electron chi connectivity index (χ4n) is 3.69. The van der Waals surface area contributed by atoms with Gasteiger partial charge < -0.3 is 9.64 Å². The molecule has 0 radical (unpaired) electrons. The average Bonchev–Trinajstić information content (AvgIpc) is 2.58. The number of likely N-dealkylation sites (tertiary alicyclic amines) is 1. The molecule has 2 aliphatic rings.